The number of hydrogen-bond donors (Lipinski definition) is 1. The lowest BCUT2D eigenvalue weighted by Gasteiger charge is -2.11. The Balaban J connectivity index is 1.64. The number of amides is 1. The van der Waals surface area contributed by atoms with Gasteiger partial charge in [0.2, 0.25) is 0 Å². The van der Waals surface area contributed by atoms with Gasteiger partial charge < -0.3 is 9.73 Å². The van der Waals surface area contributed by atoms with Crippen LogP contribution in [0.5, 0.6) is 0 Å². The fraction of sp³-hybridized carbons (Fsp3) is 0. The van der Waals surface area contributed by atoms with E-state index in [9.17, 15) is 9.59 Å². The van der Waals surface area contributed by atoms with Gasteiger partial charge in [-0.15, -0.1) is 0 Å². The maximum atomic E-state index is 12.8. The van der Waals surface area contributed by atoms with E-state index in [0.717, 1.165) is 28.5 Å². The van der Waals surface area contributed by atoms with Gasteiger partial charge >= 0.3 is 0 Å². The van der Waals surface area contributed by atoms with Crippen LogP contribution in [0.3, 0.4) is 0 Å². The second kappa shape index (κ2) is 7.72. The number of benzene rings is 2. The maximum Gasteiger partial charge on any atom is 0.257 e. The van der Waals surface area contributed by atoms with Crippen molar-refractivity contribution in [1.82, 2.24) is 4.98 Å². The van der Waals surface area contributed by atoms with E-state index in [4.69, 9.17) is 4.42 Å². The van der Waals surface area contributed by atoms with Gasteiger partial charge in [0.1, 0.15) is 0 Å². The molecule has 0 fully saturated rings. The summed E-state index contributed by atoms with van der Waals surface area (Å²) < 4.78 is 5.08. The van der Waals surface area contributed by atoms with Crippen LogP contribution in [0.25, 0.3) is 22.3 Å². The number of furan rings is 1. The van der Waals surface area contributed by atoms with Crippen molar-refractivity contribution in [2.75, 3.05) is 5.32 Å². The number of pyridine rings is 1. The predicted molar refractivity (Wildman–Crippen MR) is 107 cm³/mol. The van der Waals surface area contributed by atoms with Gasteiger partial charge in [0, 0.05) is 29.1 Å². The zero-order chi connectivity index (χ0) is 19.3. The molecule has 2 aromatic heterocycles. The first kappa shape index (κ1) is 17.4. The zero-order valence-corrected chi connectivity index (χ0v) is 14.8. The Morgan fingerprint density at radius 2 is 1.75 bits per heavy atom. The second-order valence-electron chi connectivity index (χ2n) is 6.21. The summed E-state index contributed by atoms with van der Waals surface area (Å²) in [6.45, 7) is 0. The van der Waals surface area contributed by atoms with Gasteiger partial charge in [0.05, 0.1) is 23.8 Å². The Labute approximate surface area is 161 Å². The molecule has 0 radical (unpaired) electrons. The lowest BCUT2D eigenvalue weighted by molar-refractivity contribution is 0.102. The predicted octanol–water partition coefficient (Wildman–Crippen LogP) is 5.07. The number of nitrogens with one attached hydrogen (secondary N) is 1. The first-order valence-electron chi connectivity index (χ1n) is 8.68. The summed E-state index contributed by atoms with van der Waals surface area (Å²) in [5.41, 5.74) is 4.77. The minimum atomic E-state index is -0.342. The van der Waals surface area contributed by atoms with Crippen LogP contribution in [0.2, 0.25) is 0 Å². The molecule has 2 heterocycles. The molecule has 1 N–H and O–H groups in total. The molecule has 0 bridgehead atoms. The molecule has 4 rings (SSSR count). The molecule has 136 valence electrons. The number of aldehydes is 1. The smallest absolute Gasteiger partial charge is 0.257 e. The molecule has 5 heteroatoms. The molecule has 0 unspecified atom stereocenters. The van der Waals surface area contributed by atoms with Crippen LogP contribution in [0.15, 0.2) is 90.0 Å². The Morgan fingerprint density at radius 1 is 0.893 bits per heavy atom. The standard InChI is InChI=1S/C23H16N2O3/c26-14-18-7-6-17(16-4-2-1-3-5-16)11-22(18)25-23(27)21-10-20(12-24-13-21)19-8-9-28-15-19/h1-15H,(H,25,27). The molecule has 4 aromatic rings. The van der Waals surface area contributed by atoms with Crippen LogP contribution >= 0.6 is 0 Å². The van der Waals surface area contributed by atoms with Gasteiger partial charge in [-0.05, 0) is 35.4 Å². The van der Waals surface area contributed by atoms with Gasteiger partial charge in [-0.3, -0.25) is 14.6 Å². The van der Waals surface area contributed by atoms with E-state index >= 15 is 0 Å². The first-order chi connectivity index (χ1) is 13.7. The van der Waals surface area contributed by atoms with E-state index in [2.05, 4.69) is 10.3 Å². The van der Waals surface area contributed by atoms with E-state index in [1.165, 1.54) is 6.20 Å². The van der Waals surface area contributed by atoms with Gasteiger partial charge in [-0.25, -0.2) is 0 Å². The van der Waals surface area contributed by atoms with E-state index in [0.29, 0.717) is 16.8 Å². The molecular formula is C23H16N2O3. The minimum Gasteiger partial charge on any atom is -0.472 e. The zero-order valence-electron chi connectivity index (χ0n) is 14.8. The molecule has 1 amide bonds. The summed E-state index contributed by atoms with van der Waals surface area (Å²) in [6, 6.07) is 18.6. The van der Waals surface area contributed by atoms with Crippen LogP contribution in [0.4, 0.5) is 5.69 Å². The van der Waals surface area contributed by atoms with Crippen molar-refractivity contribution in [1.29, 1.82) is 0 Å². The van der Waals surface area contributed by atoms with Crippen LogP contribution in [-0.2, 0) is 0 Å². The third-order valence-corrected chi connectivity index (χ3v) is 4.39. The van der Waals surface area contributed by atoms with E-state index in [1.54, 1.807) is 43.0 Å². The van der Waals surface area contributed by atoms with Crippen LogP contribution in [0, 0.1) is 0 Å². The average molecular weight is 368 g/mol. The Kier molecular flexibility index (Phi) is 4.80. The van der Waals surface area contributed by atoms with E-state index in [1.807, 2.05) is 36.4 Å². The first-order valence-corrected chi connectivity index (χ1v) is 8.68. The average Bonchev–Trinajstić information content (AvgIpc) is 3.29. The topological polar surface area (TPSA) is 72.2 Å². The van der Waals surface area contributed by atoms with Crippen molar-refractivity contribution in [3.8, 4) is 22.3 Å². The molecule has 28 heavy (non-hydrogen) atoms. The highest BCUT2D eigenvalue weighted by Crippen LogP contribution is 2.26. The van der Waals surface area contributed by atoms with E-state index in [-0.39, 0.29) is 5.91 Å². The van der Waals surface area contributed by atoms with Gasteiger partial charge in [-0.1, -0.05) is 36.4 Å². The number of hydrogen-bond acceptors (Lipinski definition) is 4. The SMILES string of the molecule is O=Cc1ccc(-c2ccccc2)cc1NC(=O)c1cncc(-c2ccoc2)c1. The lowest BCUT2D eigenvalue weighted by atomic mass is 10.0. The van der Waals surface area contributed by atoms with Crippen LogP contribution in [0.1, 0.15) is 20.7 Å². The summed E-state index contributed by atoms with van der Waals surface area (Å²) in [5, 5.41) is 2.83. The van der Waals surface area contributed by atoms with E-state index < -0.39 is 0 Å². The molecule has 0 atom stereocenters. The Bertz CT molecular complexity index is 1120. The molecule has 0 aliphatic heterocycles. The molecule has 5 nitrogen and oxygen atoms in total. The summed E-state index contributed by atoms with van der Waals surface area (Å²) >= 11 is 0. The monoisotopic (exact) mass is 368 g/mol. The number of nitrogens with zero attached hydrogens (tertiary/aromatic N) is 1. The quantitative estimate of drug-likeness (QED) is 0.499. The van der Waals surface area contributed by atoms with Crippen molar-refractivity contribution in [3.63, 3.8) is 0 Å². The van der Waals surface area contributed by atoms with Gasteiger partial charge in [0.25, 0.3) is 5.91 Å². The molecular weight excluding hydrogens is 352 g/mol. The summed E-state index contributed by atoms with van der Waals surface area (Å²) in [4.78, 5) is 28.3. The second-order valence-corrected chi connectivity index (χ2v) is 6.21. The molecule has 0 aliphatic rings. The summed E-state index contributed by atoms with van der Waals surface area (Å²) in [5.74, 6) is -0.342. The number of carbonyl (C=O) groups is 2. The Hall–Kier alpha value is -3.99. The molecule has 0 spiro atoms. The van der Waals surface area contributed by atoms with Crippen molar-refractivity contribution < 1.29 is 14.0 Å². The van der Waals surface area contributed by atoms with Gasteiger partial charge in [0.15, 0.2) is 6.29 Å². The number of rotatable bonds is 5. The number of anilines is 1. The third kappa shape index (κ3) is 3.59. The van der Waals surface area contributed by atoms with Gasteiger partial charge in [-0.2, -0.15) is 0 Å². The number of carbonyl (C=O) groups excluding carboxylic acids is 2. The normalized spacial score (nSPS) is 10.4. The number of aromatic nitrogens is 1. The molecule has 2 aromatic carbocycles. The fourth-order valence-corrected chi connectivity index (χ4v) is 2.92. The highest BCUT2D eigenvalue weighted by atomic mass is 16.3. The maximum absolute atomic E-state index is 12.8. The largest absolute Gasteiger partial charge is 0.472 e. The van der Waals surface area contributed by atoms with Crippen molar-refractivity contribution in [2.24, 2.45) is 0 Å². The summed E-state index contributed by atoms with van der Waals surface area (Å²) in [7, 11) is 0. The highest BCUT2D eigenvalue weighted by Gasteiger charge is 2.12. The van der Waals surface area contributed by atoms with Crippen LogP contribution < -0.4 is 5.32 Å². The minimum absolute atomic E-state index is 0.342. The van der Waals surface area contributed by atoms with Crippen molar-refractivity contribution in [3.05, 3.63) is 96.7 Å². The van der Waals surface area contributed by atoms with Crippen molar-refractivity contribution >= 4 is 17.9 Å². The molecule has 0 aliphatic carbocycles. The highest BCUT2D eigenvalue weighted by molar-refractivity contribution is 6.07. The molecule has 0 saturated carbocycles. The fourth-order valence-electron chi connectivity index (χ4n) is 2.92. The van der Waals surface area contributed by atoms with Crippen molar-refractivity contribution in [2.45, 2.75) is 0 Å². The lowest BCUT2D eigenvalue weighted by Crippen LogP contribution is -2.13. The third-order valence-electron chi connectivity index (χ3n) is 4.39. The van der Waals surface area contributed by atoms with Crippen LogP contribution in [-0.4, -0.2) is 17.2 Å². The molecule has 0 saturated heterocycles. The Morgan fingerprint density at radius 3 is 2.50 bits per heavy atom. The summed E-state index contributed by atoms with van der Waals surface area (Å²) in [6.07, 6.45) is 7.03.